The predicted octanol–water partition coefficient (Wildman–Crippen LogP) is 2.91. The minimum Gasteiger partial charge on any atom is -0.495 e. The second kappa shape index (κ2) is 7.85. The molecule has 0 fully saturated rings. The van der Waals surface area contributed by atoms with Gasteiger partial charge in [-0.1, -0.05) is 11.6 Å². The Bertz CT molecular complexity index is 1090. The Morgan fingerprint density at radius 1 is 1.18 bits per heavy atom. The fourth-order valence-corrected chi connectivity index (χ4v) is 2.96. The number of hydrogen-bond acceptors (Lipinski definition) is 5. The molecule has 2 aromatic heterocycles. The molecular weight excluding hydrogens is 382 g/mol. The third kappa shape index (κ3) is 3.91. The van der Waals surface area contributed by atoms with Gasteiger partial charge in [0.15, 0.2) is 5.82 Å². The summed E-state index contributed by atoms with van der Waals surface area (Å²) >= 11 is 6.00. The molecule has 28 heavy (non-hydrogen) atoms. The summed E-state index contributed by atoms with van der Waals surface area (Å²) in [5.41, 5.74) is 1.72. The summed E-state index contributed by atoms with van der Waals surface area (Å²) in [6, 6.07) is 8.85. The van der Waals surface area contributed by atoms with E-state index in [2.05, 4.69) is 15.5 Å². The first kappa shape index (κ1) is 19.6. The SMILES string of the molecule is COc1ccc(Cl)cc1NC(=O)C(C)n1nc(-n2nc(C)cc2C)ccc1=O. The van der Waals surface area contributed by atoms with Crippen LogP contribution < -0.4 is 15.6 Å². The Morgan fingerprint density at radius 3 is 2.57 bits per heavy atom. The zero-order valence-electron chi connectivity index (χ0n) is 15.9. The summed E-state index contributed by atoms with van der Waals surface area (Å²) < 4.78 is 7.98. The maximum atomic E-state index is 12.7. The number of nitrogens with one attached hydrogen (secondary N) is 1. The lowest BCUT2D eigenvalue weighted by Crippen LogP contribution is -2.33. The van der Waals surface area contributed by atoms with Crippen LogP contribution in [0.5, 0.6) is 5.75 Å². The first-order valence-electron chi connectivity index (χ1n) is 8.58. The number of amides is 1. The van der Waals surface area contributed by atoms with Crippen molar-refractivity contribution in [1.82, 2.24) is 19.6 Å². The molecule has 1 aromatic carbocycles. The molecule has 0 aliphatic rings. The van der Waals surface area contributed by atoms with Crippen molar-refractivity contribution in [2.45, 2.75) is 26.8 Å². The second-order valence-electron chi connectivity index (χ2n) is 6.32. The van der Waals surface area contributed by atoms with E-state index in [1.54, 1.807) is 35.9 Å². The molecule has 0 aliphatic heterocycles. The van der Waals surface area contributed by atoms with Crippen LogP contribution >= 0.6 is 11.6 Å². The number of carbonyl (C=O) groups is 1. The van der Waals surface area contributed by atoms with E-state index in [0.29, 0.717) is 22.3 Å². The Kier molecular flexibility index (Phi) is 5.51. The molecule has 8 nitrogen and oxygen atoms in total. The number of carbonyl (C=O) groups excluding carboxylic acids is 1. The van der Waals surface area contributed by atoms with Crippen molar-refractivity contribution in [2.24, 2.45) is 0 Å². The lowest BCUT2D eigenvalue weighted by molar-refractivity contribution is -0.119. The van der Waals surface area contributed by atoms with Gasteiger partial charge < -0.3 is 10.1 Å². The van der Waals surface area contributed by atoms with Crippen LogP contribution in [0.25, 0.3) is 5.82 Å². The molecule has 2 heterocycles. The molecule has 0 saturated heterocycles. The molecule has 0 bridgehead atoms. The van der Waals surface area contributed by atoms with Crippen LogP contribution in [-0.2, 0) is 4.79 Å². The van der Waals surface area contributed by atoms with E-state index in [1.807, 2.05) is 19.9 Å². The first-order valence-corrected chi connectivity index (χ1v) is 8.96. The fourth-order valence-electron chi connectivity index (χ4n) is 2.79. The number of methoxy groups -OCH3 is 1. The molecule has 1 unspecified atom stereocenters. The molecule has 146 valence electrons. The topological polar surface area (TPSA) is 91.0 Å². The normalized spacial score (nSPS) is 11.9. The predicted molar refractivity (Wildman–Crippen MR) is 106 cm³/mol. The van der Waals surface area contributed by atoms with Gasteiger partial charge >= 0.3 is 0 Å². The van der Waals surface area contributed by atoms with Gasteiger partial charge in [-0.3, -0.25) is 9.59 Å². The first-order chi connectivity index (χ1) is 13.3. The van der Waals surface area contributed by atoms with Gasteiger partial charge in [-0.25, -0.2) is 9.36 Å². The van der Waals surface area contributed by atoms with Crippen LogP contribution in [0.4, 0.5) is 5.69 Å². The molecule has 0 spiro atoms. The molecule has 1 atom stereocenters. The zero-order valence-corrected chi connectivity index (χ0v) is 16.7. The van der Waals surface area contributed by atoms with Crippen molar-refractivity contribution in [3.63, 3.8) is 0 Å². The molecule has 3 aromatic rings. The van der Waals surface area contributed by atoms with Crippen LogP contribution in [0.3, 0.4) is 0 Å². The van der Waals surface area contributed by atoms with E-state index in [1.165, 1.54) is 13.2 Å². The molecule has 1 amide bonds. The molecule has 0 radical (unpaired) electrons. The second-order valence-corrected chi connectivity index (χ2v) is 6.76. The van der Waals surface area contributed by atoms with Gasteiger partial charge in [0.05, 0.1) is 18.5 Å². The summed E-state index contributed by atoms with van der Waals surface area (Å²) in [6.07, 6.45) is 0. The third-order valence-corrected chi connectivity index (χ3v) is 4.44. The van der Waals surface area contributed by atoms with Crippen LogP contribution in [0.15, 0.2) is 41.2 Å². The van der Waals surface area contributed by atoms with E-state index in [4.69, 9.17) is 16.3 Å². The summed E-state index contributed by atoms with van der Waals surface area (Å²) in [7, 11) is 1.49. The van der Waals surface area contributed by atoms with Gasteiger partial charge in [0.1, 0.15) is 11.8 Å². The third-order valence-electron chi connectivity index (χ3n) is 4.20. The number of ether oxygens (including phenoxy) is 1. The maximum Gasteiger partial charge on any atom is 0.267 e. The highest BCUT2D eigenvalue weighted by molar-refractivity contribution is 6.31. The summed E-state index contributed by atoms with van der Waals surface area (Å²) in [6.45, 7) is 5.35. The monoisotopic (exact) mass is 401 g/mol. The van der Waals surface area contributed by atoms with Gasteiger partial charge in [0.2, 0.25) is 5.91 Å². The smallest absolute Gasteiger partial charge is 0.267 e. The number of hydrogen-bond donors (Lipinski definition) is 1. The average Bonchev–Trinajstić information content (AvgIpc) is 3.00. The van der Waals surface area contributed by atoms with E-state index in [0.717, 1.165) is 16.1 Å². The van der Waals surface area contributed by atoms with Crippen molar-refractivity contribution in [3.8, 4) is 11.6 Å². The highest BCUT2D eigenvalue weighted by atomic mass is 35.5. The van der Waals surface area contributed by atoms with Gasteiger partial charge in [0.25, 0.3) is 5.56 Å². The van der Waals surface area contributed by atoms with Crippen LogP contribution in [0.1, 0.15) is 24.4 Å². The van der Waals surface area contributed by atoms with Crippen LogP contribution in [0.2, 0.25) is 5.02 Å². The van der Waals surface area contributed by atoms with E-state index < -0.39 is 17.5 Å². The quantitative estimate of drug-likeness (QED) is 0.709. The average molecular weight is 402 g/mol. The maximum absolute atomic E-state index is 12.7. The van der Waals surface area contributed by atoms with Crippen molar-refractivity contribution >= 4 is 23.2 Å². The number of aryl methyl sites for hydroxylation is 2. The van der Waals surface area contributed by atoms with Crippen LogP contribution in [-0.4, -0.2) is 32.6 Å². The standard InChI is InChI=1S/C19H20ClN5O3/c1-11-9-12(2)24(22-11)17-7-8-18(26)25(23-17)13(3)19(27)21-15-10-14(20)5-6-16(15)28-4/h5-10,13H,1-4H3,(H,21,27). The van der Waals surface area contributed by atoms with E-state index in [-0.39, 0.29) is 0 Å². The lowest BCUT2D eigenvalue weighted by Gasteiger charge is -2.16. The molecular formula is C19H20ClN5O3. The number of halogens is 1. The number of anilines is 1. The van der Waals surface area contributed by atoms with Crippen molar-refractivity contribution in [2.75, 3.05) is 12.4 Å². The molecule has 0 aliphatic carbocycles. The highest BCUT2D eigenvalue weighted by Gasteiger charge is 2.20. The summed E-state index contributed by atoms with van der Waals surface area (Å²) in [5, 5.41) is 11.9. The fraction of sp³-hybridized carbons (Fsp3) is 0.263. The number of benzene rings is 1. The molecule has 9 heteroatoms. The zero-order chi connectivity index (χ0) is 20.4. The Morgan fingerprint density at radius 2 is 1.93 bits per heavy atom. The van der Waals surface area contributed by atoms with Gasteiger partial charge in [-0.2, -0.15) is 5.10 Å². The molecule has 1 N–H and O–H groups in total. The minimum absolute atomic E-state index is 0.397. The minimum atomic E-state index is -0.867. The van der Waals surface area contributed by atoms with Crippen LogP contribution in [0, 0.1) is 13.8 Å². The van der Waals surface area contributed by atoms with Gasteiger partial charge in [-0.15, -0.1) is 5.10 Å². The summed E-state index contributed by atoms with van der Waals surface area (Å²) in [4.78, 5) is 25.0. The Hall–Kier alpha value is -3.13. The van der Waals surface area contributed by atoms with E-state index in [9.17, 15) is 9.59 Å². The van der Waals surface area contributed by atoms with Crippen molar-refractivity contribution in [3.05, 3.63) is 63.2 Å². The van der Waals surface area contributed by atoms with E-state index >= 15 is 0 Å². The number of rotatable bonds is 5. The molecule has 3 rings (SSSR count). The van der Waals surface area contributed by atoms with Crippen molar-refractivity contribution < 1.29 is 9.53 Å². The van der Waals surface area contributed by atoms with Gasteiger partial charge in [0, 0.05) is 16.8 Å². The lowest BCUT2D eigenvalue weighted by atomic mass is 10.2. The Balaban J connectivity index is 1.92. The Labute approximate surface area is 166 Å². The number of nitrogens with zero attached hydrogens (tertiary/aromatic N) is 4. The number of aromatic nitrogens is 4. The largest absolute Gasteiger partial charge is 0.495 e. The highest BCUT2D eigenvalue weighted by Crippen LogP contribution is 2.28. The van der Waals surface area contributed by atoms with Crippen molar-refractivity contribution in [1.29, 1.82) is 0 Å². The molecule has 0 saturated carbocycles. The summed E-state index contributed by atoms with van der Waals surface area (Å²) in [5.74, 6) is 0.479. The van der Waals surface area contributed by atoms with Gasteiger partial charge in [-0.05, 0) is 51.1 Å².